The summed E-state index contributed by atoms with van der Waals surface area (Å²) in [5.74, 6) is 0.895. The van der Waals surface area contributed by atoms with Crippen LogP contribution < -0.4 is 0 Å². The topological polar surface area (TPSA) is 38.1 Å². The predicted molar refractivity (Wildman–Crippen MR) is 64.4 cm³/mol. The van der Waals surface area contributed by atoms with Crippen LogP contribution >= 0.6 is 0 Å². The standard InChI is InChI=1S/C12H19N3O/c1-5-7-15-10(2)13-9-11(15)12(16)6-8-14(3)4/h6,8-9H,5,7H2,1-4H3/b8-6+. The molecule has 0 radical (unpaired) electrons. The molecule has 4 nitrogen and oxygen atoms in total. The maximum Gasteiger partial charge on any atom is 0.205 e. The summed E-state index contributed by atoms with van der Waals surface area (Å²) >= 11 is 0. The van der Waals surface area contributed by atoms with Gasteiger partial charge in [-0.25, -0.2) is 4.98 Å². The molecular formula is C12H19N3O. The Hall–Kier alpha value is -1.58. The van der Waals surface area contributed by atoms with Crippen molar-refractivity contribution >= 4 is 5.78 Å². The molecule has 4 heteroatoms. The number of imidazole rings is 1. The van der Waals surface area contributed by atoms with Crippen LogP contribution in [-0.4, -0.2) is 34.3 Å². The first-order chi connectivity index (χ1) is 7.56. The van der Waals surface area contributed by atoms with Crippen LogP contribution in [0.15, 0.2) is 18.5 Å². The number of aryl methyl sites for hydroxylation is 1. The van der Waals surface area contributed by atoms with E-state index >= 15 is 0 Å². The van der Waals surface area contributed by atoms with Crippen LogP contribution in [-0.2, 0) is 6.54 Å². The zero-order valence-corrected chi connectivity index (χ0v) is 10.4. The van der Waals surface area contributed by atoms with Gasteiger partial charge in [0.25, 0.3) is 0 Å². The highest BCUT2D eigenvalue weighted by Gasteiger charge is 2.11. The molecule has 0 bridgehead atoms. The number of carbonyl (C=O) groups is 1. The van der Waals surface area contributed by atoms with Crippen molar-refractivity contribution in [3.05, 3.63) is 30.0 Å². The summed E-state index contributed by atoms with van der Waals surface area (Å²) in [5.41, 5.74) is 0.664. The van der Waals surface area contributed by atoms with Crippen molar-refractivity contribution in [1.29, 1.82) is 0 Å². The van der Waals surface area contributed by atoms with Gasteiger partial charge in [-0.1, -0.05) is 6.92 Å². The molecule has 16 heavy (non-hydrogen) atoms. The van der Waals surface area contributed by atoms with Crippen molar-refractivity contribution in [1.82, 2.24) is 14.5 Å². The third-order valence-electron chi connectivity index (χ3n) is 2.28. The molecule has 1 rings (SSSR count). The first-order valence-corrected chi connectivity index (χ1v) is 5.47. The average molecular weight is 221 g/mol. The molecule has 0 aliphatic rings. The minimum atomic E-state index is 0.00255. The van der Waals surface area contributed by atoms with Crippen molar-refractivity contribution in [2.45, 2.75) is 26.8 Å². The zero-order valence-electron chi connectivity index (χ0n) is 10.4. The normalized spacial score (nSPS) is 11.0. The van der Waals surface area contributed by atoms with Crippen LogP contribution in [0.25, 0.3) is 0 Å². The summed E-state index contributed by atoms with van der Waals surface area (Å²) in [7, 11) is 3.77. The Labute approximate surface area is 96.6 Å². The van der Waals surface area contributed by atoms with Crippen molar-refractivity contribution in [3.8, 4) is 0 Å². The van der Waals surface area contributed by atoms with E-state index in [1.54, 1.807) is 18.5 Å². The monoisotopic (exact) mass is 221 g/mol. The van der Waals surface area contributed by atoms with E-state index < -0.39 is 0 Å². The van der Waals surface area contributed by atoms with E-state index in [-0.39, 0.29) is 5.78 Å². The van der Waals surface area contributed by atoms with Crippen molar-refractivity contribution in [2.75, 3.05) is 14.1 Å². The lowest BCUT2D eigenvalue weighted by atomic mass is 10.3. The van der Waals surface area contributed by atoms with Gasteiger partial charge in [0.2, 0.25) is 5.78 Å². The minimum absolute atomic E-state index is 0.00255. The highest BCUT2D eigenvalue weighted by Crippen LogP contribution is 2.07. The molecule has 0 atom stereocenters. The van der Waals surface area contributed by atoms with Gasteiger partial charge in [-0.15, -0.1) is 0 Å². The van der Waals surface area contributed by atoms with E-state index in [2.05, 4.69) is 11.9 Å². The van der Waals surface area contributed by atoms with Gasteiger partial charge in [0, 0.05) is 32.9 Å². The molecule has 1 heterocycles. The largest absolute Gasteiger partial charge is 0.383 e. The lowest BCUT2D eigenvalue weighted by Gasteiger charge is -2.07. The van der Waals surface area contributed by atoms with Crippen LogP contribution in [0, 0.1) is 6.92 Å². The first-order valence-electron chi connectivity index (χ1n) is 5.47. The Morgan fingerprint density at radius 2 is 2.25 bits per heavy atom. The second-order valence-electron chi connectivity index (χ2n) is 3.99. The summed E-state index contributed by atoms with van der Waals surface area (Å²) in [6, 6.07) is 0. The first kappa shape index (κ1) is 12.5. The summed E-state index contributed by atoms with van der Waals surface area (Å²) in [5, 5.41) is 0. The van der Waals surface area contributed by atoms with Gasteiger partial charge >= 0.3 is 0 Å². The minimum Gasteiger partial charge on any atom is -0.383 e. The molecule has 1 aromatic rings. The van der Waals surface area contributed by atoms with E-state index in [0.29, 0.717) is 5.69 Å². The number of hydrogen-bond donors (Lipinski definition) is 0. The van der Waals surface area contributed by atoms with E-state index in [1.165, 1.54) is 0 Å². The summed E-state index contributed by atoms with van der Waals surface area (Å²) in [6.07, 6.45) is 5.96. The molecule has 0 unspecified atom stereocenters. The van der Waals surface area contributed by atoms with Gasteiger partial charge in [0.15, 0.2) is 0 Å². The zero-order chi connectivity index (χ0) is 12.1. The Kier molecular flexibility index (Phi) is 4.28. The van der Waals surface area contributed by atoms with Crippen LogP contribution in [0.5, 0.6) is 0 Å². The number of aromatic nitrogens is 2. The highest BCUT2D eigenvalue weighted by molar-refractivity contribution is 6.03. The average Bonchev–Trinajstić information content (AvgIpc) is 2.58. The molecule has 0 saturated carbocycles. The molecule has 0 aliphatic heterocycles. The van der Waals surface area contributed by atoms with Gasteiger partial charge in [0.1, 0.15) is 11.5 Å². The fourth-order valence-electron chi connectivity index (χ4n) is 1.47. The van der Waals surface area contributed by atoms with Crippen LogP contribution in [0.2, 0.25) is 0 Å². The molecule has 0 fully saturated rings. The van der Waals surface area contributed by atoms with E-state index in [0.717, 1.165) is 18.8 Å². The SMILES string of the molecule is CCCn1c(C(=O)/C=C/N(C)C)cnc1C. The van der Waals surface area contributed by atoms with Gasteiger partial charge in [-0.2, -0.15) is 0 Å². The molecule has 0 spiro atoms. The van der Waals surface area contributed by atoms with Crippen LogP contribution in [0.4, 0.5) is 0 Å². The maximum absolute atomic E-state index is 11.9. The molecule has 0 aromatic carbocycles. The third-order valence-corrected chi connectivity index (χ3v) is 2.28. The van der Waals surface area contributed by atoms with Crippen molar-refractivity contribution in [2.24, 2.45) is 0 Å². The Bertz CT molecular complexity index is 391. The Balaban J connectivity index is 2.91. The number of rotatable bonds is 5. The Morgan fingerprint density at radius 1 is 1.56 bits per heavy atom. The molecule has 0 N–H and O–H groups in total. The number of nitrogens with zero attached hydrogens (tertiary/aromatic N) is 3. The number of carbonyl (C=O) groups excluding carboxylic acids is 1. The van der Waals surface area contributed by atoms with Gasteiger partial charge in [-0.05, 0) is 13.3 Å². The fraction of sp³-hybridized carbons (Fsp3) is 0.500. The van der Waals surface area contributed by atoms with Crippen molar-refractivity contribution < 1.29 is 4.79 Å². The molecule has 0 aliphatic carbocycles. The number of allylic oxidation sites excluding steroid dienone is 1. The maximum atomic E-state index is 11.9. The number of ketones is 1. The van der Waals surface area contributed by atoms with Gasteiger partial charge in [-0.3, -0.25) is 4.79 Å². The molecule has 0 amide bonds. The quantitative estimate of drug-likeness (QED) is 0.562. The van der Waals surface area contributed by atoms with Gasteiger partial charge < -0.3 is 9.47 Å². The number of hydrogen-bond acceptors (Lipinski definition) is 3. The fourth-order valence-corrected chi connectivity index (χ4v) is 1.47. The van der Waals surface area contributed by atoms with Crippen LogP contribution in [0.1, 0.15) is 29.7 Å². The summed E-state index contributed by atoms with van der Waals surface area (Å²) in [6.45, 7) is 4.84. The Morgan fingerprint density at radius 3 is 2.81 bits per heavy atom. The molecular weight excluding hydrogens is 202 g/mol. The molecule has 88 valence electrons. The second-order valence-corrected chi connectivity index (χ2v) is 3.99. The van der Waals surface area contributed by atoms with Crippen molar-refractivity contribution in [3.63, 3.8) is 0 Å². The van der Waals surface area contributed by atoms with E-state index in [1.807, 2.05) is 30.5 Å². The summed E-state index contributed by atoms with van der Waals surface area (Å²) in [4.78, 5) is 17.9. The lowest BCUT2D eigenvalue weighted by molar-refractivity contribution is 0.103. The second kappa shape index (κ2) is 5.49. The third kappa shape index (κ3) is 2.95. The molecule has 1 aromatic heterocycles. The predicted octanol–water partition coefficient (Wildman–Crippen LogP) is 1.86. The van der Waals surface area contributed by atoms with E-state index in [4.69, 9.17) is 0 Å². The lowest BCUT2D eigenvalue weighted by Crippen LogP contribution is -2.10. The van der Waals surface area contributed by atoms with Gasteiger partial charge in [0.05, 0.1) is 6.20 Å². The highest BCUT2D eigenvalue weighted by atomic mass is 16.1. The smallest absolute Gasteiger partial charge is 0.205 e. The van der Waals surface area contributed by atoms with E-state index in [9.17, 15) is 4.79 Å². The molecule has 0 saturated heterocycles. The summed E-state index contributed by atoms with van der Waals surface area (Å²) < 4.78 is 1.96. The van der Waals surface area contributed by atoms with Crippen LogP contribution in [0.3, 0.4) is 0 Å².